The third-order valence-corrected chi connectivity index (χ3v) is 2.00. The maximum atomic E-state index is 11.2. The monoisotopic (exact) mass is 207 g/mol. The van der Waals surface area contributed by atoms with Crippen molar-refractivity contribution >= 4 is 17.9 Å². The first-order valence-corrected chi connectivity index (χ1v) is 4.67. The van der Waals surface area contributed by atoms with Gasteiger partial charge in [0.2, 0.25) is 0 Å². The lowest BCUT2D eigenvalue weighted by Crippen LogP contribution is -2.10. The maximum Gasteiger partial charge on any atom is 0.310 e. The summed E-state index contributed by atoms with van der Waals surface area (Å²) in [4.78, 5) is 21.8. The van der Waals surface area contributed by atoms with Crippen molar-refractivity contribution in [2.24, 2.45) is 0 Å². The van der Waals surface area contributed by atoms with E-state index in [9.17, 15) is 9.59 Å². The summed E-state index contributed by atoms with van der Waals surface area (Å²) in [6.07, 6.45) is 0.769. The van der Waals surface area contributed by atoms with Gasteiger partial charge in [0.1, 0.15) is 0 Å². The van der Waals surface area contributed by atoms with Crippen molar-refractivity contribution in [3.63, 3.8) is 0 Å². The van der Waals surface area contributed by atoms with Gasteiger partial charge in [0.25, 0.3) is 0 Å². The van der Waals surface area contributed by atoms with E-state index < -0.39 is 0 Å². The second-order valence-corrected chi connectivity index (χ2v) is 3.02. The Balaban J connectivity index is 2.85. The molecule has 4 nitrogen and oxygen atoms in total. The molecule has 80 valence electrons. The summed E-state index contributed by atoms with van der Waals surface area (Å²) in [5, 5.41) is 0. The molecule has 0 heterocycles. The summed E-state index contributed by atoms with van der Waals surface area (Å²) in [7, 11) is 0. The van der Waals surface area contributed by atoms with E-state index in [1.165, 1.54) is 0 Å². The summed E-state index contributed by atoms with van der Waals surface area (Å²) < 4.78 is 4.79. The van der Waals surface area contributed by atoms with E-state index in [1.54, 1.807) is 25.1 Å². The van der Waals surface area contributed by atoms with Crippen LogP contribution in [0.15, 0.2) is 18.2 Å². The van der Waals surface area contributed by atoms with Crippen molar-refractivity contribution in [1.82, 2.24) is 0 Å². The van der Waals surface area contributed by atoms with Crippen LogP contribution >= 0.6 is 0 Å². The minimum Gasteiger partial charge on any atom is -0.466 e. The summed E-state index contributed by atoms with van der Waals surface area (Å²) >= 11 is 0. The van der Waals surface area contributed by atoms with Gasteiger partial charge in [-0.2, -0.15) is 0 Å². The molecule has 1 aromatic carbocycles. The Labute approximate surface area is 88.0 Å². The first-order chi connectivity index (χ1) is 7.19. The number of benzene rings is 1. The Kier molecular flexibility index (Phi) is 3.85. The Morgan fingerprint density at radius 3 is 2.87 bits per heavy atom. The molecule has 0 saturated heterocycles. The van der Waals surface area contributed by atoms with Crippen molar-refractivity contribution in [1.29, 1.82) is 0 Å². The smallest absolute Gasteiger partial charge is 0.310 e. The van der Waals surface area contributed by atoms with E-state index in [4.69, 9.17) is 10.5 Å². The molecule has 0 saturated carbocycles. The van der Waals surface area contributed by atoms with Gasteiger partial charge in [-0.25, -0.2) is 0 Å². The Hall–Kier alpha value is -1.84. The van der Waals surface area contributed by atoms with Gasteiger partial charge in [0.05, 0.1) is 13.0 Å². The van der Waals surface area contributed by atoms with Crippen LogP contribution in [0.5, 0.6) is 0 Å². The molecule has 1 aromatic rings. The molecule has 0 aliphatic carbocycles. The molecule has 0 amide bonds. The second-order valence-electron chi connectivity index (χ2n) is 3.02. The fourth-order valence-corrected chi connectivity index (χ4v) is 1.26. The Bertz CT molecular complexity index is 374. The molecule has 0 aliphatic rings. The molecule has 15 heavy (non-hydrogen) atoms. The zero-order valence-electron chi connectivity index (χ0n) is 8.53. The van der Waals surface area contributed by atoms with Crippen LogP contribution in [0.3, 0.4) is 0 Å². The molecular formula is C11H13NO3. The van der Waals surface area contributed by atoms with Crippen LogP contribution in [-0.4, -0.2) is 18.9 Å². The number of esters is 1. The second kappa shape index (κ2) is 5.14. The van der Waals surface area contributed by atoms with E-state index in [0.717, 1.165) is 0 Å². The quantitative estimate of drug-likeness (QED) is 0.457. The van der Waals surface area contributed by atoms with Crippen molar-refractivity contribution < 1.29 is 14.3 Å². The standard InChI is InChI=1S/C11H13NO3/c1-2-15-10(14)6-8-4-3-5-9(7-13)11(8)12/h3-5,7H,2,6,12H2,1H3. The number of carbonyl (C=O) groups excluding carboxylic acids is 2. The van der Waals surface area contributed by atoms with Crippen molar-refractivity contribution in [3.05, 3.63) is 29.3 Å². The number of rotatable bonds is 4. The number of aldehydes is 1. The minimum absolute atomic E-state index is 0.0986. The van der Waals surface area contributed by atoms with E-state index in [2.05, 4.69) is 0 Å². The lowest BCUT2D eigenvalue weighted by Gasteiger charge is -2.06. The largest absolute Gasteiger partial charge is 0.466 e. The highest BCUT2D eigenvalue weighted by Gasteiger charge is 2.09. The molecule has 0 aromatic heterocycles. The number of anilines is 1. The lowest BCUT2D eigenvalue weighted by molar-refractivity contribution is -0.142. The highest BCUT2D eigenvalue weighted by molar-refractivity contribution is 5.86. The van der Waals surface area contributed by atoms with Gasteiger partial charge in [-0.1, -0.05) is 12.1 Å². The molecule has 0 fully saturated rings. The Morgan fingerprint density at radius 1 is 1.53 bits per heavy atom. The molecule has 0 unspecified atom stereocenters. The molecule has 0 aliphatic heterocycles. The summed E-state index contributed by atoms with van der Waals surface area (Å²) in [6.45, 7) is 2.08. The van der Waals surface area contributed by atoms with E-state index in [0.29, 0.717) is 29.7 Å². The first kappa shape index (κ1) is 11.2. The zero-order valence-corrected chi connectivity index (χ0v) is 8.53. The van der Waals surface area contributed by atoms with Crippen molar-refractivity contribution in [3.8, 4) is 0 Å². The van der Waals surface area contributed by atoms with Gasteiger partial charge in [0, 0.05) is 11.3 Å². The fourth-order valence-electron chi connectivity index (χ4n) is 1.26. The topological polar surface area (TPSA) is 69.4 Å². The van der Waals surface area contributed by atoms with Crippen LogP contribution < -0.4 is 5.73 Å². The van der Waals surface area contributed by atoms with Crippen LogP contribution in [-0.2, 0) is 16.0 Å². The molecule has 0 radical (unpaired) electrons. The first-order valence-electron chi connectivity index (χ1n) is 4.67. The number of nitrogen functional groups attached to an aromatic ring is 1. The Morgan fingerprint density at radius 2 is 2.27 bits per heavy atom. The summed E-state index contributed by atoms with van der Waals surface area (Å²) in [5.41, 5.74) is 7.07. The predicted molar refractivity (Wildman–Crippen MR) is 56.6 cm³/mol. The molecule has 4 heteroatoms. The van der Waals surface area contributed by atoms with Crippen LogP contribution in [0.4, 0.5) is 5.69 Å². The van der Waals surface area contributed by atoms with Gasteiger partial charge < -0.3 is 10.5 Å². The van der Waals surface area contributed by atoms with E-state index >= 15 is 0 Å². The van der Waals surface area contributed by atoms with Crippen LogP contribution in [0.1, 0.15) is 22.8 Å². The van der Waals surface area contributed by atoms with Crippen molar-refractivity contribution in [2.45, 2.75) is 13.3 Å². The molecule has 1 rings (SSSR count). The normalized spacial score (nSPS) is 9.67. The molecule has 2 N–H and O–H groups in total. The third kappa shape index (κ3) is 2.80. The van der Waals surface area contributed by atoms with Crippen LogP contribution in [0, 0.1) is 0 Å². The average Bonchev–Trinajstić information content (AvgIpc) is 2.21. The zero-order chi connectivity index (χ0) is 11.3. The van der Waals surface area contributed by atoms with Gasteiger partial charge >= 0.3 is 5.97 Å². The molecule has 0 bridgehead atoms. The number of carbonyl (C=O) groups is 2. The van der Waals surface area contributed by atoms with Gasteiger partial charge in [-0.3, -0.25) is 9.59 Å². The van der Waals surface area contributed by atoms with Crippen LogP contribution in [0.25, 0.3) is 0 Å². The fraction of sp³-hybridized carbons (Fsp3) is 0.273. The lowest BCUT2D eigenvalue weighted by atomic mass is 10.1. The van der Waals surface area contributed by atoms with Crippen LogP contribution in [0.2, 0.25) is 0 Å². The molecule has 0 atom stereocenters. The van der Waals surface area contributed by atoms with E-state index in [1.807, 2.05) is 0 Å². The molecule has 0 spiro atoms. The average molecular weight is 207 g/mol. The van der Waals surface area contributed by atoms with Gasteiger partial charge in [0.15, 0.2) is 6.29 Å². The number of ether oxygens (including phenoxy) is 1. The highest BCUT2D eigenvalue weighted by Crippen LogP contribution is 2.16. The maximum absolute atomic E-state index is 11.2. The van der Waals surface area contributed by atoms with Crippen molar-refractivity contribution in [2.75, 3.05) is 12.3 Å². The third-order valence-electron chi connectivity index (χ3n) is 2.00. The molecular weight excluding hydrogens is 194 g/mol. The predicted octanol–water partition coefficient (Wildman–Crippen LogP) is 1.19. The number of para-hydroxylation sites is 1. The van der Waals surface area contributed by atoms with E-state index in [-0.39, 0.29) is 12.4 Å². The minimum atomic E-state index is -0.341. The number of hydrogen-bond acceptors (Lipinski definition) is 4. The highest BCUT2D eigenvalue weighted by atomic mass is 16.5. The number of nitrogens with two attached hydrogens (primary N) is 1. The SMILES string of the molecule is CCOC(=O)Cc1cccc(C=O)c1N. The summed E-state index contributed by atoms with van der Waals surface area (Å²) in [5.74, 6) is -0.341. The number of hydrogen-bond donors (Lipinski definition) is 1. The summed E-state index contributed by atoms with van der Waals surface area (Å²) in [6, 6.07) is 5.00. The van der Waals surface area contributed by atoms with Gasteiger partial charge in [-0.05, 0) is 18.6 Å². The van der Waals surface area contributed by atoms with Gasteiger partial charge in [-0.15, -0.1) is 0 Å².